The number of methoxy groups -OCH3 is 3. The number of benzene rings is 2. The van der Waals surface area contributed by atoms with Gasteiger partial charge in [0.25, 0.3) is 0 Å². The third-order valence-electron chi connectivity index (χ3n) is 3.50. The number of carbonyl (C=O) groups is 1. The fraction of sp³-hybridized carbons (Fsp3) is 0.211. The molecule has 0 N–H and O–H groups in total. The fourth-order valence-electron chi connectivity index (χ4n) is 2.29. The van der Waals surface area contributed by atoms with Crippen LogP contribution < -0.4 is 18.7 Å². The van der Waals surface area contributed by atoms with Crippen LogP contribution in [0.5, 0.6) is 17.2 Å². The molecule has 0 aliphatic rings. The standard InChI is InChI=1S/C19H20O4Se/c1-21-16-8-6-5-7-13(16)9-10-15(20)14-11-17(22-2)19(23-3)18(12-14)24-4/h5-12H,1-4H3/b10-9+. The molecule has 0 aliphatic carbocycles. The topological polar surface area (TPSA) is 44.8 Å². The van der Waals surface area contributed by atoms with Crippen molar-refractivity contribution in [1.82, 2.24) is 0 Å². The van der Waals surface area contributed by atoms with Crippen LogP contribution in [0.4, 0.5) is 0 Å². The molecule has 0 heterocycles. The van der Waals surface area contributed by atoms with Crippen LogP contribution in [0.25, 0.3) is 6.08 Å². The first-order valence-corrected chi connectivity index (χ1v) is 9.87. The van der Waals surface area contributed by atoms with E-state index < -0.39 is 0 Å². The van der Waals surface area contributed by atoms with Crippen molar-refractivity contribution in [2.75, 3.05) is 21.3 Å². The van der Waals surface area contributed by atoms with E-state index in [1.807, 2.05) is 30.3 Å². The summed E-state index contributed by atoms with van der Waals surface area (Å²) in [5.41, 5.74) is 1.44. The first-order chi connectivity index (χ1) is 11.6. The summed E-state index contributed by atoms with van der Waals surface area (Å²) in [6, 6.07) is 11.1. The molecule has 0 atom stereocenters. The summed E-state index contributed by atoms with van der Waals surface area (Å²) in [5.74, 6) is 3.99. The summed E-state index contributed by atoms with van der Waals surface area (Å²) in [5, 5.41) is 0. The van der Waals surface area contributed by atoms with Gasteiger partial charge in [0.15, 0.2) is 0 Å². The van der Waals surface area contributed by atoms with E-state index in [-0.39, 0.29) is 20.7 Å². The molecule has 0 aromatic heterocycles. The number of ketones is 1. The van der Waals surface area contributed by atoms with Crippen LogP contribution in [0.2, 0.25) is 5.82 Å². The van der Waals surface area contributed by atoms with Gasteiger partial charge in [-0.15, -0.1) is 0 Å². The molecular weight excluding hydrogens is 371 g/mol. The van der Waals surface area contributed by atoms with Crippen LogP contribution in [0, 0.1) is 0 Å². The predicted octanol–water partition coefficient (Wildman–Crippen LogP) is 2.99. The maximum absolute atomic E-state index is 12.5. The Labute approximate surface area is 148 Å². The van der Waals surface area contributed by atoms with E-state index in [2.05, 4.69) is 5.82 Å². The van der Waals surface area contributed by atoms with E-state index in [9.17, 15) is 4.79 Å². The average molecular weight is 391 g/mol. The monoisotopic (exact) mass is 392 g/mol. The quantitative estimate of drug-likeness (QED) is 0.414. The number of carbonyl (C=O) groups excluding carboxylic acids is 1. The minimum atomic E-state index is -0.0904. The summed E-state index contributed by atoms with van der Waals surface area (Å²) in [7, 11) is 4.79. The van der Waals surface area contributed by atoms with Crippen molar-refractivity contribution in [3.05, 3.63) is 53.6 Å². The van der Waals surface area contributed by atoms with Crippen LogP contribution >= 0.6 is 0 Å². The molecule has 0 saturated heterocycles. The SMILES string of the molecule is COc1ccccc1/C=C/C(=O)c1cc(OC)c(OC)c([Se]C)c1. The maximum atomic E-state index is 12.5. The number of allylic oxidation sites excluding steroid dienone is 1. The van der Waals surface area contributed by atoms with E-state index in [0.29, 0.717) is 17.1 Å². The van der Waals surface area contributed by atoms with E-state index >= 15 is 0 Å². The average Bonchev–Trinajstić information content (AvgIpc) is 2.64. The van der Waals surface area contributed by atoms with Crippen molar-refractivity contribution in [3.8, 4) is 17.2 Å². The molecule has 0 unspecified atom stereocenters. The summed E-state index contributed by atoms with van der Waals surface area (Å²) >= 11 is 0.182. The van der Waals surface area contributed by atoms with Crippen molar-refractivity contribution in [1.29, 1.82) is 0 Å². The van der Waals surface area contributed by atoms with Crippen molar-refractivity contribution < 1.29 is 19.0 Å². The molecule has 4 nitrogen and oxygen atoms in total. The zero-order valence-electron chi connectivity index (χ0n) is 14.2. The van der Waals surface area contributed by atoms with E-state index in [1.165, 1.54) is 0 Å². The molecule has 126 valence electrons. The molecule has 0 saturated carbocycles. The van der Waals surface area contributed by atoms with Gasteiger partial charge >= 0.3 is 148 Å². The van der Waals surface area contributed by atoms with Gasteiger partial charge in [0.05, 0.1) is 0 Å². The Bertz CT molecular complexity index is 728. The Hall–Kier alpha value is -2.23. The van der Waals surface area contributed by atoms with Crippen molar-refractivity contribution >= 4 is 31.3 Å². The van der Waals surface area contributed by atoms with Gasteiger partial charge in [-0.2, -0.15) is 0 Å². The number of hydrogen-bond acceptors (Lipinski definition) is 4. The van der Waals surface area contributed by atoms with Gasteiger partial charge < -0.3 is 0 Å². The second-order valence-electron chi connectivity index (χ2n) is 4.85. The zero-order chi connectivity index (χ0) is 17.5. The number of hydrogen-bond donors (Lipinski definition) is 0. The normalized spacial score (nSPS) is 10.7. The van der Waals surface area contributed by atoms with Gasteiger partial charge in [-0.05, 0) is 0 Å². The third kappa shape index (κ3) is 3.99. The minimum absolute atomic E-state index is 0.0904. The second kappa shape index (κ2) is 8.57. The molecule has 2 aromatic carbocycles. The zero-order valence-corrected chi connectivity index (χ0v) is 15.9. The van der Waals surface area contributed by atoms with Crippen LogP contribution in [0.1, 0.15) is 15.9 Å². The second-order valence-corrected chi connectivity index (χ2v) is 6.63. The molecule has 5 heteroatoms. The van der Waals surface area contributed by atoms with Crippen LogP contribution in [0.3, 0.4) is 0 Å². The molecular formula is C19H20O4Se. The molecule has 0 aliphatic heterocycles. The summed E-state index contributed by atoms with van der Waals surface area (Å²) in [6.45, 7) is 0. The molecule has 0 radical (unpaired) electrons. The summed E-state index contributed by atoms with van der Waals surface area (Å²) in [6.07, 6.45) is 3.31. The Morgan fingerprint density at radius 1 is 1.00 bits per heavy atom. The molecule has 0 fully saturated rings. The van der Waals surface area contributed by atoms with Crippen molar-refractivity contribution in [2.24, 2.45) is 0 Å². The number of rotatable bonds is 7. The Morgan fingerprint density at radius 2 is 1.71 bits per heavy atom. The molecule has 2 aromatic rings. The van der Waals surface area contributed by atoms with Crippen molar-refractivity contribution in [2.45, 2.75) is 5.82 Å². The van der Waals surface area contributed by atoms with Crippen molar-refractivity contribution in [3.63, 3.8) is 0 Å². The van der Waals surface area contributed by atoms with Gasteiger partial charge in [-0.3, -0.25) is 0 Å². The van der Waals surface area contributed by atoms with Gasteiger partial charge in [0, 0.05) is 0 Å². The molecule has 2 rings (SSSR count). The Balaban J connectivity index is 2.34. The first kappa shape index (κ1) is 18.1. The summed E-state index contributed by atoms with van der Waals surface area (Å²) in [4.78, 5) is 12.5. The van der Waals surface area contributed by atoms with Gasteiger partial charge in [-0.1, -0.05) is 0 Å². The Morgan fingerprint density at radius 3 is 2.33 bits per heavy atom. The van der Waals surface area contributed by atoms with E-state index in [4.69, 9.17) is 14.2 Å². The number of ether oxygens (including phenoxy) is 3. The fourth-order valence-corrected chi connectivity index (χ4v) is 3.58. The first-order valence-electron chi connectivity index (χ1n) is 7.30. The molecule has 24 heavy (non-hydrogen) atoms. The Kier molecular flexibility index (Phi) is 6.47. The third-order valence-corrected chi connectivity index (χ3v) is 5.06. The number of para-hydroxylation sites is 1. The van der Waals surface area contributed by atoms with E-state index in [0.717, 1.165) is 15.8 Å². The molecule has 0 amide bonds. The van der Waals surface area contributed by atoms with E-state index in [1.54, 1.807) is 39.5 Å². The van der Waals surface area contributed by atoms with Gasteiger partial charge in [-0.25, -0.2) is 0 Å². The van der Waals surface area contributed by atoms with Crippen LogP contribution in [0.15, 0.2) is 42.5 Å². The molecule has 0 spiro atoms. The van der Waals surface area contributed by atoms with Gasteiger partial charge in [0.2, 0.25) is 0 Å². The van der Waals surface area contributed by atoms with Crippen LogP contribution in [-0.2, 0) is 0 Å². The van der Waals surface area contributed by atoms with Gasteiger partial charge in [0.1, 0.15) is 0 Å². The summed E-state index contributed by atoms with van der Waals surface area (Å²) < 4.78 is 17.0. The predicted molar refractivity (Wildman–Crippen MR) is 97.2 cm³/mol. The molecule has 0 bridgehead atoms. The van der Waals surface area contributed by atoms with Crippen LogP contribution in [-0.4, -0.2) is 42.1 Å².